The summed E-state index contributed by atoms with van der Waals surface area (Å²) in [7, 11) is 3.51. The molecule has 0 aromatic heterocycles. The van der Waals surface area contributed by atoms with E-state index in [2.05, 4.69) is 6.92 Å². The topological polar surface area (TPSA) is 72.8 Å². The number of ketones is 1. The van der Waals surface area contributed by atoms with Crippen molar-refractivity contribution in [3.8, 4) is 0 Å². The third kappa shape index (κ3) is 9.20. The molecule has 0 amide bonds. The maximum absolute atomic E-state index is 12.5. The molecule has 0 aromatic rings. The number of carboxylic acid groups (broad SMARTS) is 1. The Morgan fingerprint density at radius 2 is 1.81 bits per heavy atom. The molecular formula is C22H40O5. The average Bonchev–Trinajstić information content (AvgIpc) is 2.95. The molecule has 0 spiro atoms. The van der Waals surface area contributed by atoms with E-state index in [1.165, 1.54) is 19.3 Å². The van der Waals surface area contributed by atoms with Gasteiger partial charge < -0.3 is 14.6 Å². The normalized spacial score (nSPS) is 23.7. The minimum Gasteiger partial charge on any atom is -0.481 e. The Bertz CT molecular complexity index is 423. The SMILES string of the molecule is CCCCCC(CC[C@H]1[C@H](OC)CC(=O)[C@@H]1CCCCCCC(=O)O)OC. The van der Waals surface area contributed by atoms with Crippen molar-refractivity contribution < 1.29 is 24.2 Å². The van der Waals surface area contributed by atoms with Crippen LogP contribution in [0.4, 0.5) is 0 Å². The van der Waals surface area contributed by atoms with Crippen LogP contribution >= 0.6 is 0 Å². The predicted molar refractivity (Wildman–Crippen MR) is 107 cm³/mol. The summed E-state index contributed by atoms with van der Waals surface area (Å²) in [6.07, 6.45) is 12.4. The first-order chi connectivity index (χ1) is 13.0. The van der Waals surface area contributed by atoms with Crippen molar-refractivity contribution in [2.75, 3.05) is 14.2 Å². The third-order valence-corrected chi connectivity index (χ3v) is 6.05. The Balaban J connectivity index is 2.44. The van der Waals surface area contributed by atoms with Crippen LogP contribution in [-0.2, 0) is 19.1 Å². The monoisotopic (exact) mass is 384 g/mol. The number of rotatable bonds is 16. The second-order valence-corrected chi connectivity index (χ2v) is 7.99. The summed E-state index contributed by atoms with van der Waals surface area (Å²) < 4.78 is 11.3. The summed E-state index contributed by atoms with van der Waals surface area (Å²) in [5.74, 6) is 0.0147. The molecule has 0 heterocycles. The number of Topliss-reactive ketones (excluding diaryl/α,β-unsaturated/α-hetero) is 1. The van der Waals surface area contributed by atoms with Crippen molar-refractivity contribution in [1.82, 2.24) is 0 Å². The highest BCUT2D eigenvalue weighted by atomic mass is 16.5. The van der Waals surface area contributed by atoms with Crippen LogP contribution in [-0.4, -0.2) is 43.3 Å². The van der Waals surface area contributed by atoms with Crippen molar-refractivity contribution in [3.63, 3.8) is 0 Å². The molecule has 1 N–H and O–H groups in total. The molecule has 5 heteroatoms. The Hall–Kier alpha value is -0.940. The number of methoxy groups -OCH3 is 2. The second-order valence-electron chi connectivity index (χ2n) is 7.99. The van der Waals surface area contributed by atoms with Gasteiger partial charge >= 0.3 is 5.97 Å². The zero-order valence-corrected chi connectivity index (χ0v) is 17.6. The lowest BCUT2D eigenvalue weighted by atomic mass is 9.85. The summed E-state index contributed by atoms with van der Waals surface area (Å²) >= 11 is 0. The zero-order chi connectivity index (χ0) is 20.1. The van der Waals surface area contributed by atoms with Crippen LogP contribution in [0.5, 0.6) is 0 Å². The van der Waals surface area contributed by atoms with E-state index in [-0.39, 0.29) is 24.5 Å². The van der Waals surface area contributed by atoms with Crippen LogP contribution in [0.25, 0.3) is 0 Å². The number of carbonyl (C=O) groups is 2. The van der Waals surface area contributed by atoms with E-state index >= 15 is 0 Å². The van der Waals surface area contributed by atoms with Crippen LogP contribution in [0, 0.1) is 11.8 Å². The largest absolute Gasteiger partial charge is 0.481 e. The third-order valence-electron chi connectivity index (χ3n) is 6.05. The minimum atomic E-state index is -0.726. The van der Waals surface area contributed by atoms with E-state index in [9.17, 15) is 9.59 Å². The fourth-order valence-corrected chi connectivity index (χ4v) is 4.39. The quantitative estimate of drug-likeness (QED) is 0.379. The van der Waals surface area contributed by atoms with Crippen LogP contribution in [0.15, 0.2) is 0 Å². The number of unbranched alkanes of at least 4 members (excludes halogenated alkanes) is 5. The molecule has 158 valence electrons. The van der Waals surface area contributed by atoms with Gasteiger partial charge in [-0.05, 0) is 38.0 Å². The smallest absolute Gasteiger partial charge is 0.303 e. The second kappa shape index (κ2) is 14.1. The standard InChI is InChI=1S/C22H40O5/c1-4-5-8-11-17(26-2)14-15-19-18(20(23)16-21(19)27-3)12-9-6-7-10-13-22(24)25/h17-19,21H,4-16H2,1-3H3,(H,24,25)/t17?,18-,19-,21-/m1/s1. The van der Waals surface area contributed by atoms with E-state index in [0.29, 0.717) is 18.1 Å². The van der Waals surface area contributed by atoms with Gasteiger partial charge in [0.05, 0.1) is 12.2 Å². The Kier molecular flexibility index (Phi) is 12.6. The first-order valence-electron chi connectivity index (χ1n) is 10.8. The van der Waals surface area contributed by atoms with Crippen molar-refractivity contribution >= 4 is 11.8 Å². The lowest BCUT2D eigenvalue weighted by Crippen LogP contribution is -2.24. The molecule has 5 nitrogen and oxygen atoms in total. The maximum Gasteiger partial charge on any atom is 0.303 e. The maximum atomic E-state index is 12.5. The summed E-state index contributed by atoms with van der Waals surface area (Å²) in [5, 5.41) is 8.69. The van der Waals surface area contributed by atoms with Crippen LogP contribution in [0.2, 0.25) is 0 Å². The summed E-state index contributed by atoms with van der Waals surface area (Å²) in [6, 6.07) is 0. The highest BCUT2D eigenvalue weighted by Crippen LogP contribution is 2.38. The van der Waals surface area contributed by atoms with E-state index < -0.39 is 5.97 Å². The van der Waals surface area contributed by atoms with Gasteiger partial charge in [-0.3, -0.25) is 9.59 Å². The number of ether oxygens (including phenoxy) is 2. The van der Waals surface area contributed by atoms with Gasteiger partial charge in [0.1, 0.15) is 5.78 Å². The van der Waals surface area contributed by atoms with Crippen LogP contribution < -0.4 is 0 Å². The number of aliphatic carboxylic acids is 1. The van der Waals surface area contributed by atoms with Gasteiger partial charge in [-0.1, -0.05) is 45.4 Å². The van der Waals surface area contributed by atoms with Gasteiger partial charge in [0.15, 0.2) is 0 Å². The van der Waals surface area contributed by atoms with E-state index in [1.807, 2.05) is 0 Å². The van der Waals surface area contributed by atoms with E-state index in [0.717, 1.165) is 51.4 Å². The van der Waals surface area contributed by atoms with Crippen molar-refractivity contribution in [1.29, 1.82) is 0 Å². The van der Waals surface area contributed by atoms with Crippen molar-refractivity contribution in [3.05, 3.63) is 0 Å². The van der Waals surface area contributed by atoms with E-state index in [4.69, 9.17) is 14.6 Å². The molecule has 0 aromatic carbocycles. The van der Waals surface area contributed by atoms with Gasteiger partial charge in [0.2, 0.25) is 0 Å². The predicted octanol–water partition coefficient (Wildman–Crippen LogP) is 5.01. The molecule has 1 rings (SSSR count). The minimum absolute atomic E-state index is 0.0441. The highest BCUT2D eigenvalue weighted by Gasteiger charge is 2.41. The number of carbonyl (C=O) groups excluding carboxylic acids is 1. The molecular weight excluding hydrogens is 344 g/mol. The first-order valence-corrected chi connectivity index (χ1v) is 10.8. The summed E-state index contributed by atoms with van der Waals surface area (Å²) in [6.45, 7) is 2.21. The van der Waals surface area contributed by atoms with Crippen molar-refractivity contribution in [2.24, 2.45) is 11.8 Å². The lowest BCUT2D eigenvalue weighted by molar-refractivity contribution is -0.137. The van der Waals surface area contributed by atoms with Crippen LogP contribution in [0.1, 0.15) is 90.4 Å². The lowest BCUT2D eigenvalue weighted by Gasteiger charge is -2.25. The summed E-state index contributed by atoms with van der Waals surface area (Å²) in [5.41, 5.74) is 0. The van der Waals surface area contributed by atoms with Gasteiger partial charge in [-0.2, -0.15) is 0 Å². The molecule has 4 atom stereocenters. The number of hydrogen-bond donors (Lipinski definition) is 1. The Labute approximate surface area is 165 Å². The zero-order valence-electron chi connectivity index (χ0n) is 17.6. The van der Waals surface area contributed by atoms with Gasteiger partial charge in [0, 0.05) is 33.0 Å². The van der Waals surface area contributed by atoms with Crippen LogP contribution in [0.3, 0.4) is 0 Å². The summed E-state index contributed by atoms with van der Waals surface area (Å²) in [4.78, 5) is 23.1. The number of carboxylic acids is 1. The molecule has 1 fully saturated rings. The number of hydrogen-bond acceptors (Lipinski definition) is 4. The molecule has 0 aliphatic heterocycles. The van der Waals surface area contributed by atoms with Gasteiger partial charge in [0.25, 0.3) is 0 Å². The molecule has 0 radical (unpaired) electrons. The highest BCUT2D eigenvalue weighted by molar-refractivity contribution is 5.84. The molecule has 0 bridgehead atoms. The average molecular weight is 385 g/mol. The molecule has 0 saturated heterocycles. The fourth-order valence-electron chi connectivity index (χ4n) is 4.39. The van der Waals surface area contributed by atoms with Gasteiger partial charge in [-0.25, -0.2) is 0 Å². The van der Waals surface area contributed by atoms with E-state index in [1.54, 1.807) is 14.2 Å². The Morgan fingerprint density at radius 1 is 1.07 bits per heavy atom. The molecule has 1 aliphatic carbocycles. The Morgan fingerprint density at radius 3 is 2.44 bits per heavy atom. The first kappa shape index (κ1) is 24.1. The fraction of sp³-hybridized carbons (Fsp3) is 0.909. The molecule has 1 saturated carbocycles. The molecule has 27 heavy (non-hydrogen) atoms. The molecule has 1 unspecified atom stereocenters. The van der Waals surface area contributed by atoms with Crippen molar-refractivity contribution in [2.45, 2.75) is 103 Å². The van der Waals surface area contributed by atoms with Gasteiger partial charge in [-0.15, -0.1) is 0 Å². The molecule has 1 aliphatic rings.